The Morgan fingerprint density at radius 1 is 1.43 bits per heavy atom. The molecule has 0 saturated carbocycles. The number of carbonyl (C=O) groups is 1. The van der Waals surface area contributed by atoms with Crippen LogP contribution in [0.15, 0.2) is 24.3 Å². The Morgan fingerprint density at radius 3 is 2.64 bits per heavy atom. The van der Waals surface area contributed by atoms with Gasteiger partial charge in [0.05, 0.1) is 5.56 Å². The van der Waals surface area contributed by atoms with Gasteiger partial charge in [-0.15, -0.1) is 0 Å². The number of ether oxygens (including phenoxy) is 1. The molecule has 2 N–H and O–H groups in total. The van der Waals surface area contributed by atoms with Crippen LogP contribution >= 0.6 is 0 Å². The largest absolute Gasteiger partial charge is 0.486 e. The monoisotopic (exact) mass is 193 g/mol. The lowest BCUT2D eigenvalue weighted by Crippen LogP contribution is -2.37. The number of aldehydes is 1. The third kappa shape index (κ3) is 2.57. The van der Waals surface area contributed by atoms with Gasteiger partial charge in [-0.2, -0.15) is 0 Å². The zero-order valence-corrected chi connectivity index (χ0v) is 8.49. The number of carbonyl (C=O) groups excluding carboxylic acids is 1. The molecule has 76 valence electrons. The lowest BCUT2D eigenvalue weighted by atomic mass is 10.1. The molecule has 0 spiro atoms. The van der Waals surface area contributed by atoms with Gasteiger partial charge < -0.3 is 10.5 Å². The second-order valence-corrected chi connectivity index (χ2v) is 3.72. The number of para-hydroxylation sites is 1. The molecule has 0 aliphatic rings. The minimum absolute atomic E-state index is 0.403. The number of rotatable bonds is 4. The molecular weight excluding hydrogens is 178 g/mol. The number of benzene rings is 1. The van der Waals surface area contributed by atoms with Crippen molar-refractivity contribution in [2.75, 3.05) is 6.54 Å². The van der Waals surface area contributed by atoms with Crippen molar-refractivity contribution in [3.8, 4) is 5.75 Å². The highest BCUT2D eigenvalue weighted by molar-refractivity contribution is 5.79. The first-order valence-electron chi connectivity index (χ1n) is 4.52. The van der Waals surface area contributed by atoms with E-state index in [2.05, 4.69) is 0 Å². The summed E-state index contributed by atoms with van der Waals surface area (Å²) in [6.45, 7) is 4.17. The van der Waals surface area contributed by atoms with E-state index < -0.39 is 5.60 Å². The van der Waals surface area contributed by atoms with Crippen LogP contribution in [0, 0.1) is 0 Å². The van der Waals surface area contributed by atoms with Crippen LogP contribution in [0.5, 0.6) is 5.75 Å². The molecule has 0 bridgehead atoms. The van der Waals surface area contributed by atoms with Gasteiger partial charge in [-0.3, -0.25) is 4.79 Å². The SMILES string of the molecule is CC(C)(CN)Oc1ccccc1C=O. The van der Waals surface area contributed by atoms with Gasteiger partial charge in [-0.05, 0) is 26.0 Å². The van der Waals surface area contributed by atoms with E-state index in [0.29, 0.717) is 17.9 Å². The predicted molar refractivity (Wildman–Crippen MR) is 55.6 cm³/mol. The van der Waals surface area contributed by atoms with Gasteiger partial charge in [0, 0.05) is 6.54 Å². The Hall–Kier alpha value is -1.35. The summed E-state index contributed by atoms with van der Waals surface area (Å²) in [5.41, 5.74) is 5.64. The molecule has 14 heavy (non-hydrogen) atoms. The van der Waals surface area contributed by atoms with E-state index in [1.54, 1.807) is 18.2 Å². The summed E-state index contributed by atoms with van der Waals surface area (Å²) in [4.78, 5) is 10.7. The Morgan fingerprint density at radius 2 is 2.07 bits per heavy atom. The van der Waals surface area contributed by atoms with Crippen molar-refractivity contribution >= 4 is 6.29 Å². The van der Waals surface area contributed by atoms with E-state index in [9.17, 15) is 4.79 Å². The van der Waals surface area contributed by atoms with E-state index in [4.69, 9.17) is 10.5 Å². The van der Waals surface area contributed by atoms with Crippen LogP contribution in [0.3, 0.4) is 0 Å². The maximum Gasteiger partial charge on any atom is 0.153 e. The minimum atomic E-state index is -0.445. The summed E-state index contributed by atoms with van der Waals surface area (Å²) in [6.07, 6.45) is 0.780. The topological polar surface area (TPSA) is 52.3 Å². The van der Waals surface area contributed by atoms with E-state index in [1.807, 2.05) is 19.9 Å². The molecule has 0 saturated heterocycles. The van der Waals surface area contributed by atoms with Crippen LogP contribution in [0.4, 0.5) is 0 Å². The molecular formula is C11H15NO2. The second-order valence-electron chi connectivity index (χ2n) is 3.72. The van der Waals surface area contributed by atoms with Crippen LogP contribution in [0.25, 0.3) is 0 Å². The highest BCUT2D eigenvalue weighted by Crippen LogP contribution is 2.20. The molecule has 0 aromatic heterocycles. The van der Waals surface area contributed by atoms with E-state index in [1.165, 1.54) is 0 Å². The van der Waals surface area contributed by atoms with E-state index in [0.717, 1.165) is 6.29 Å². The van der Waals surface area contributed by atoms with Gasteiger partial charge >= 0.3 is 0 Å². The van der Waals surface area contributed by atoms with Gasteiger partial charge in [-0.25, -0.2) is 0 Å². The maximum absolute atomic E-state index is 10.7. The Kier molecular flexibility index (Phi) is 3.25. The zero-order valence-electron chi connectivity index (χ0n) is 8.49. The molecule has 1 rings (SSSR count). The third-order valence-corrected chi connectivity index (χ3v) is 1.92. The minimum Gasteiger partial charge on any atom is -0.486 e. The number of hydrogen-bond donors (Lipinski definition) is 1. The summed E-state index contributed by atoms with van der Waals surface area (Å²) in [5, 5.41) is 0. The zero-order chi connectivity index (χ0) is 10.6. The van der Waals surface area contributed by atoms with Crippen molar-refractivity contribution in [1.29, 1.82) is 0 Å². The number of hydrogen-bond acceptors (Lipinski definition) is 3. The average Bonchev–Trinajstić information content (AvgIpc) is 2.18. The normalized spacial score (nSPS) is 11.1. The lowest BCUT2D eigenvalue weighted by molar-refractivity contribution is 0.107. The molecule has 0 aliphatic carbocycles. The van der Waals surface area contributed by atoms with Gasteiger partial charge in [0.15, 0.2) is 6.29 Å². The lowest BCUT2D eigenvalue weighted by Gasteiger charge is -2.25. The van der Waals surface area contributed by atoms with Crippen molar-refractivity contribution in [2.24, 2.45) is 5.73 Å². The van der Waals surface area contributed by atoms with Crippen molar-refractivity contribution < 1.29 is 9.53 Å². The van der Waals surface area contributed by atoms with Gasteiger partial charge in [0.1, 0.15) is 11.4 Å². The second kappa shape index (κ2) is 4.24. The summed E-state index contributed by atoms with van der Waals surface area (Å²) in [6, 6.07) is 7.11. The molecule has 0 heterocycles. The van der Waals surface area contributed by atoms with Crippen molar-refractivity contribution in [3.63, 3.8) is 0 Å². The Balaban J connectivity index is 2.91. The summed E-state index contributed by atoms with van der Waals surface area (Å²) in [7, 11) is 0. The summed E-state index contributed by atoms with van der Waals surface area (Å²) in [5.74, 6) is 0.581. The van der Waals surface area contributed by atoms with Crippen molar-refractivity contribution in [3.05, 3.63) is 29.8 Å². The van der Waals surface area contributed by atoms with Gasteiger partial charge in [0.25, 0.3) is 0 Å². The molecule has 3 heteroatoms. The van der Waals surface area contributed by atoms with Crippen LogP contribution < -0.4 is 10.5 Å². The standard InChI is InChI=1S/C11H15NO2/c1-11(2,8-12)14-10-6-4-3-5-9(10)7-13/h3-7H,8,12H2,1-2H3. The molecule has 0 atom stereocenters. The molecule has 0 fully saturated rings. The highest BCUT2D eigenvalue weighted by Gasteiger charge is 2.18. The van der Waals surface area contributed by atoms with Crippen molar-refractivity contribution in [1.82, 2.24) is 0 Å². The summed E-state index contributed by atoms with van der Waals surface area (Å²) >= 11 is 0. The smallest absolute Gasteiger partial charge is 0.153 e. The fourth-order valence-electron chi connectivity index (χ4n) is 1.01. The first-order valence-corrected chi connectivity index (χ1v) is 4.52. The third-order valence-electron chi connectivity index (χ3n) is 1.92. The maximum atomic E-state index is 10.7. The molecule has 3 nitrogen and oxygen atoms in total. The first-order chi connectivity index (χ1) is 6.59. The number of nitrogens with two attached hydrogens (primary N) is 1. The molecule has 0 radical (unpaired) electrons. The summed E-state index contributed by atoms with van der Waals surface area (Å²) < 4.78 is 5.62. The predicted octanol–water partition coefficient (Wildman–Crippen LogP) is 1.62. The van der Waals surface area contributed by atoms with Crippen LogP contribution in [-0.2, 0) is 0 Å². The fourth-order valence-corrected chi connectivity index (χ4v) is 1.01. The Labute approximate surface area is 83.9 Å². The van der Waals surface area contributed by atoms with Crippen LogP contribution in [0.1, 0.15) is 24.2 Å². The van der Waals surface area contributed by atoms with E-state index in [-0.39, 0.29) is 0 Å². The average molecular weight is 193 g/mol. The quantitative estimate of drug-likeness (QED) is 0.739. The molecule has 0 aliphatic heterocycles. The molecule has 1 aromatic carbocycles. The fraction of sp³-hybridized carbons (Fsp3) is 0.364. The van der Waals surface area contributed by atoms with Crippen molar-refractivity contribution in [2.45, 2.75) is 19.4 Å². The molecule has 0 unspecified atom stereocenters. The highest BCUT2D eigenvalue weighted by atomic mass is 16.5. The first kappa shape index (κ1) is 10.7. The Bertz CT molecular complexity index is 321. The van der Waals surface area contributed by atoms with Crippen LogP contribution in [-0.4, -0.2) is 18.4 Å². The molecule has 1 aromatic rings. The van der Waals surface area contributed by atoms with Gasteiger partial charge in [-0.1, -0.05) is 12.1 Å². The molecule has 0 amide bonds. The van der Waals surface area contributed by atoms with Gasteiger partial charge in [0.2, 0.25) is 0 Å². The van der Waals surface area contributed by atoms with Crippen LogP contribution in [0.2, 0.25) is 0 Å². The van der Waals surface area contributed by atoms with E-state index >= 15 is 0 Å².